The highest BCUT2D eigenvalue weighted by Gasteiger charge is 2.18. The zero-order valence-electron chi connectivity index (χ0n) is 5.93. The van der Waals surface area contributed by atoms with Crippen LogP contribution in [0.3, 0.4) is 0 Å². The lowest BCUT2D eigenvalue weighted by Crippen LogP contribution is -2.14. The summed E-state index contributed by atoms with van der Waals surface area (Å²) in [6, 6.07) is 3.34. The van der Waals surface area contributed by atoms with Crippen LogP contribution in [-0.2, 0) is 21.3 Å². The van der Waals surface area contributed by atoms with Gasteiger partial charge in [-0.05, 0) is 11.4 Å². The first-order valence-corrected chi connectivity index (χ1v) is 5.35. The van der Waals surface area contributed by atoms with E-state index in [1.54, 1.807) is 17.5 Å². The van der Waals surface area contributed by atoms with Gasteiger partial charge in [0.15, 0.2) is 0 Å². The standard InChI is InChI=1S/C6H6O4S2/c7-6(12(8,9)10)4-5-2-1-3-11-5/h1-3H,4H2,(H,8,9,10). The summed E-state index contributed by atoms with van der Waals surface area (Å²) in [7, 11) is -4.51. The molecule has 0 saturated heterocycles. The van der Waals surface area contributed by atoms with Gasteiger partial charge in [0, 0.05) is 4.88 Å². The van der Waals surface area contributed by atoms with Crippen molar-refractivity contribution in [2.24, 2.45) is 0 Å². The predicted molar refractivity (Wildman–Crippen MR) is 44.6 cm³/mol. The summed E-state index contributed by atoms with van der Waals surface area (Å²) >= 11 is 1.27. The van der Waals surface area contributed by atoms with Gasteiger partial charge in [-0.15, -0.1) is 11.3 Å². The van der Waals surface area contributed by atoms with E-state index in [2.05, 4.69) is 0 Å². The molecule has 1 aromatic rings. The van der Waals surface area contributed by atoms with Crippen LogP contribution in [0.2, 0.25) is 0 Å². The number of carbonyl (C=O) groups excluding carboxylic acids is 1. The molecule has 0 fully saturated rings. The van der Waals surface area contributed by atoms with Gasteiger partial charge in [-0.25, -0.2) is 0 Å². The highest BCUT2D eigenvalue weighted by molar-refractivity contribution is 8.01. The number of hydrogen-bond acceptors (Lipinski definition) is 4. The molecule has 0 spiro atoms. The monoisotopic (exact) mass is 206 g/mol. The largest absolute Gasteiger partial charge is 0.329 e. The number of hydrogen-bond donors (Lipinski definition) is 1. The van der Waals surface area contributed by atoms with Crippen molar-refractivity contribution in [3.8, 4) is 0 Å². The van der Waals surface area contributed by atoms with Gasteiger partial charge in [0.25, 0.3) is 5.12 Å². The molecule has 0 aromatic carbocycles. The van der Waals surface area contributed by atoms with Gasteiger partial charge in [-0.3, -0.25) is 9.35 Å². The van der Waals surface area contributed by atoms with E-state index in [-0.39, 0.29) is 6.42 Å². The first kappa shape index (κ1) is 9.37. The van der Waals surface area contributed by atoms with Crippen molar-refractivity contribution in [1.29, 1.82) is 0 Å². The first-order valence-electron chi connectivity index (χ1n) is 3.03. The molecular formula is C6H6O4S2. The molecule has 1 heterocycles. The Morgan fingerprint density at radius 3 is 2.67 bits per heavy atom. The van der Waals surface area contributed by atoms with Gasteiger partial charge in [-0.2, -0.15) is 8.42 Å². The molecule has 0 radical (unpaired) electrons. The van der Waals surface area contributed by atoms with E-state index in [9.17, 15) is 13.2 Å². The molecule has 1 rings (SSSR count). The number of carbonyl (C=O) groups is 1. The molecule has 0 aliphatic heterocycles. The van der Waals surface area contributed by atoms with Crippen LogP contribution >= 0.6 is 11.3 Å². The maximum atomic E-state index is 10.7. The van der Waals surface area contributed by atoms with Crippen molar-refractivity contribution >= 4 is 26.6 Å². The van der Waals surface area contributed by atoms with Crippen molar-refractivity contribution in [2.75, 3.05) is 0 Å². The third kappa shape index (κ3) is 2.40. The second-order valence-corrected chi connectivity index (χ2v) is 4.54. The van der Waals surface area contributed by atoms with Crippen molar-refractivity contribution in [3.63, 3.8) is 0 Å². The van der Waals surface area contributed by atoms with E-state index in [4.69, 9.17) is 4.55 Å². The molecule has 4 nitrogen and oxygen atoms in total. The fraction of sp³-hybridized carbons (Fsp3) is 0.167. The molecule has 0 unspecified atom stereocenters. The van der Waals surface area contributed by atoms with E-state index in [0.717, 1.165) is 0 Å². The van der Waals surface area contributed by atoms with Crippen LogP contribution in [0, 0.1) is 0 Å². The Balaban J connectivity index is 2.73. The van der Waals surface area contributed by atoms with Crippen molar-refractivity contribution in [2.45, 2.75) is 6.42 Å². The summed E-state index contributed by atoms with van der Waals surface area (Å²) < 4.78 is 28.8. The highest BCUT2D eigenvalue weighted by Crippen LogP contribution is 2.10. The lowest BCUT2D eigenvalue weighted by molar-refractivity contribution is -0.111. The quantitative estimate of drug-likeness (QED) is 0.723. The van der Waals surface area contributed by atoms with Crippen LogP contribution in [0.4, 0.5) is 0 Å². The molecular weight excluding hydrogens is 200 g/mol. The van der Waals surface area contributed by atoms with E-state index < -0.39 is 15.2 Å². The third-order valence-corrected chi connectivity index (χ3v) is 2.78. The maximum absolute atomic E-state index is 10.7. The van der Waals surface area contributed by atoms with Crippen molar-refractivity contribution < 1.29 is 17.8 Å². The molecule has 1 N–H and O–H groups in total. The van der Waals surface area contributed by atoms with Crippen LogP contribution in [0.15, 0.2) is 17.5 Å². The first-order chi connectivity index (χ1) is 5.50. The minimum absolute atomic E-state index is 0.253. The van der Waals surface area contributed by atoms with Crippen molar-refractivity contribution in [1.82, 2.24) is 0 Å². The zero-order chi connectivity index (χ0) is 9.19. The Bertz CT molecular complexity index is 362. The van der Waals surface area contributed by atoms with E-state index >= 15 is 0 Å². The fourth-order valence-electron chi connectivity index (χ4n) is 0.647. The molecule has 0 bridgehead atoms. The fourth-order valence-corrected chi connectivity index (χ4v) is 1.78. The molecule has 66 valence electrons. The number of thiophene rings is 1. The average Bonchev–Trinajstić information content (AvgIpc) is 2.37. The SMILES string of the molecule is O=C(Cc1cccs1)S(=O)(=O)O. The minimum Gasteiger partial charge on any atom is -0.280 e. The second kappa shape index (κ2) is 3.34. The topological polar surface area (TPSA) is 71.4 Å². The van der Waals surface area contributed by atoms with E-state index in [1.807, 2.05) is 0 Å². The molecule has 0 atom stereocenters. The summed E-state index contributed by atoms with van der Waals surface area (Å²) in [4.78, 5) is 11.3. The molecule has 0 aliphatic rings. The Labute approximate surface area is 73.6 Å². The molecule has 12 heavy (non-hydrogen) atoms. The lowest BCUT2D eigenvalue weighted by Gasteiger charge is -1.92. The molecule has 0 aliphatic carbocycles. The lowest BCUT2D eigenvalue weighted by atomic mass is 10.4. The summed E-state index contributed by atoms with van der Waals surface area (Å²) in [5, 5.41) is 0.567. The van der Waals surface area contributed by atoms with Gasteiger partial charge < -0.3 is 0 Å². The summed E-state index contributed by atoms with van der Waals surface area (Å²) in [6.07, 6.45) is -0.253. The van der Waals surface area contributed by atoms with Gasteiger partial charge in [-0.1, -0.05) is 6.07 Å². The van der Waals surface area contributed by atoms with Gasteiger partial charge in [0.05, 0.1) is 6.42 Å². The predicted octanol–water partition coefficient (Wildman–Crippen LogP) is 0.705. The van der Waals surface area contributed by atoms with Crippen LogP contribution in [0.1, 0.15) is 4.88 Å². The van der Waals surface area contributed by atoms with E-state index in [0.29, 0.717) is 4.88 Å². The maximum Gasteiger partial charge on any atom is 0.329 e. The molecule has 0 saturated carbocycles. The molecule has 1 aromatic heterocycles. The van der Waals surface area contributed by atoms with Crippen LogP contribution in [0.5, 0.6) is 0 Å². The normalized spacial score (nSPS) is 11.4. The smallest absolute Gasteiger partial charge is 0.280 e. The number of rotatable bonds is 2. The average molecular weight is 206 g/mol. The third-order valence-electron chi connectivity index (χ3n) is 1.19. The molecule has 0 amide bonds. The highest BCUT2D eigenvalue weighted by atomic mass is 32.2. The van der Waals surface area contributed by atoms with Crippen LogP contribution < -0.4 is 0 Å². The summed E-state index contributed by atoms with van der Waals surface area (Å²) in [5.41, 5.74) is 0. The van der Waals surface area contributed by atoms with Gasteiger partial charge in [0.2, 0.25) is 0 Å². The van der Waals surface area contributed by atoms with Gasteiger partial charge in [0.1, 0.15) is 0 Å². The zero-order valence-corrected chi connectivity index (χ0v) is 7.56. The Morgan fingerprint density at radius 2 is 2.25 bits per heavy atom. The minimum atomic E-state index is -4.51. The van der Waals surface area contributed by atoms with Crippen LogP contribution in [-0.4, -0.2) is 18.1 Å². The van der Waals surface area contributed by atoms with Crippen LogP contribution in [0.25, 0.3) is 0 Å². The van der Waals surface area contributed by atoms with E-state index in [1.165, 1.54) is 11.3 Å². The Morgan fingerprint density at radius 1 is 1.58 bits per heavy atom. The molecule has 6 heteroatoms. The second-order valence-electron chi connectivity index (χ2n) is 2.10. The van der Waals surface area contributed by atoms with Crippen molar-refractivity contribution in [3.05, 3.63) is 22.4 Å². The summed E-state index contributed by atoms with van der Waals surface area (Å²) in [5.74, 6) is 0. The van der Waals surface area contributed by atoms with Gasteiger partial charge >= 0.3 is 10.1 Å². The Kier molecular flexibility index (Phi) is 2.61. The Hall–Kier alpha value is -0.720. The summed E-state index contributed by atoms with van der Waals surface area (Å²) in [6.45, 7) is 0.